The Morgan fingerprint density at radius 2 is 1.78 bits per heavy atom. The van der Waals surface area contributed by atoms with Crippen molar-refractivity contribution in [1.29, 1.82) is 0 Å². The molecule has 4 heterocycles. The van der Waals surface area contributed by atoms with Crippen LogP contribution in [0.5, 0.6) is 5.75 Å². The number of carboxylic acids is 1. The topological polar surface area (TPSA) is 133 Å². The number of carboxylic acid groups (broad SMARTS) is 1. The largest absolute Gasteiger partial charge is 0.496 e. The van der Waals surface area contributed by atoms with Crippen LogP contribution < -0.4 is 10.1 Å². The van der Waals surface area contributed by atoms with Gasteiger partial charge in [-0.2, -0.15) is 0 Å². The van der Waals surface area contributed by atoms with Gasteiger partial charge in [-0.05, 0) is 81.5 Å². The van der Waals surface area contributed by atoms with E-state index in [9.17, 15) is 19.8 Å². The van der Waals surface area contributed by atoms with Gasteiger partial charge in [0.2, 0.25) is 0 Å². The van der Waals surface area contributed by atoms with Crippen molar-refractivity contribution in [2.75, 3.05) is 38.6 Å². The summed E-state index contributed by atoms with van der Waals surface area (Å²) in [6, 6.07) is 12.1. The molecule has 58 heavy (non-hydrogen) atoms. The Balaban J connectivity index is 0.947. The molecule has 3 fully saturated rings. The molecule has 306 valence electrons. The highest BCUT2D eigenvalue weighted by molar-refractivity contribution is 6.39. The highest BCUT2D eigenvalue weighted by Crippen LogP contribution is 2.63. The normalized spacial score (nSPS) is 24.6. The summed E-state index contributed by atoms with van der Waals surface area (Å²) in [5, 5.41) is 23.7. The smallest absolute Gasteiger partial charge is 0.309 e. The molecule has 14 heteroatoms. The number of aliphatic hydroxyl groups is 1. The van der Waals surface area contributed by atoms with Gasteiger partial charge in [0.25, 0.3) is 5.91 Å². The van der Waals surface area contributed by atoms with Crippen LogP contribution in [-0.2, 0) is 31.4 Å². The second kappa shape index (κ2) is 15.7. The molecule has 2 saturated carbocycles. The Morgan fingerprint density at radius 1 is 1.03 bits per heavy atom. The third kappa shape index (κ3) is 7.77. The number of hydrogen-bond acceptors (Lipinski definition) is 8. The predicted molar refractivity (Wildman–Crippen MR) is 223 cm³/mol. The average Bonchev–Trinajstić information content (AvgIpc) is 3.97. The second-order valence-electron chi connectivity index (χ2n) is 17.1. The number of fused-ring (bicyclic) bond motifs is 3. The van der Waals surface area contributed by atoms with E-state index in [-0.39, 0.29) is 27.0 Å². The summed E-state index contributed by atoms with van der Waals surface area (Å²) < 4.78 is 23.2. The van der Waals surface area contributed by atoms with Crippen molar-refractivity contribution in [3.63, 3.8) is 0 Å². The first-order valence-corrected chi connectivity index (χ1v) is 20.7. The SMILES string of the molecule is COc1cc(/C(F)=C/c2cccc(-c3cccc(NC(=O)c4nc5c(n4C)CCN(CCC46CCC(C(=O)O)(CC4)C6)C5)c3Cl)c2Cl)ncc1CN1CC[C@](C)(O)C1. The number of aliphatic carboxylic acids is 1. The van der Waals surface area contributed by atoms with Gasteiger partial charge in [0, 0.05) is 80.8 Å². The van der Waals surface area contributed by atoms with E-state index in [1.54, 1.807) is 48.7 Å². The molecule has 2 bridgehead atoms. The lowest BCUT2D eigenvalue weighted by molar-refractivity contribution is -0.148. The van der Waals surface area contributed by atoms with Crippen LogP contribution in [0, 0.1) is 10.8 Å². The van der Waals surface area contributed by atoms with Crippen LogP contribution in [0.15, 0.2) is 48.7 Å². The van der Waals surface area contributed by atoms with E-state index < -0.39 is 28.7 Å². The zero-order valence-corrected chi connectivity index (χ0v) is 34.6. The maximum atomic E-state index is 15.8. The molecule has 1 saturated heterocycles. The molecule has 0 spiro atoms. The molecule has 1 atom stereocenters. The fourth-order valence-corrected chi connectivity index (χ4v) is 10.3. The highest BCUT2D eigenvalue weighted by Gasteiger charge is 2.57. The minimum atomic E-state index is -0.736. The van der Waals surface area contributed by atoms with Gasteiger partial charge >= 0.3 is 5.97 Å². The summed E-state index contributed by atoms with van der Waals surface area (Å²) in [6.07, 6.45) is 9.67. The summed E-state index contributed by atoms with van der Waals surface area (Å²) in [5.74, 6) is -0.848. The van der Waals surface area contributed by atoms with Gasteiger partial charge in [-0.1, -0.05) is 53.5 Å². The zero-order valence-electron chi connectivity index (χ0n) is 33.1. The number of hydrogen-bond donors (Lipinski definition) is 3. The molecule has 0 radical (unpaired) electrons. The fourth-order valence-electron chi connectivity index (χ4n) is 9.74. The van der Waals surface area contributed by atoms with Gasteiger partial charge in [0.1, 0.15) is 17.3 Å². The maximum absolute atomic E-state index is 15.8. The number of anilines is 1. The van der Waals surface area contributed by atoms with Gasteiger partial charge in [-0.25, -0.2) is 9.37 Å². The molecule has 1 amide bonds. The Kier molecular flexibility index (Phi) is 10.9. The molecule has 2 aromatic heterocycles. The summed E-state index contributed by atoms with van der Waals surface area (Å²) in [7, 11) is 3.39. The first-order chi connectivity index (χ1) is 27.7. The molecular formula is C44H49Cl2FN6O5. The van der Waals surface area contributed by atoms with E-state index in [1.807, 2.05) is 18.5 Å². The number of imidazole rings is 1. The lowest BCUT2D eigenvalue weighted by Crippen LogP contribution is -2.34. The standard InChI is InChI=1S/C44H49Cl2FN6O5/c1-42(57)15-18-53(26-42)23-28-22-48-33(21-36(28)58-3)31(47)20-27-6-4-7-29(37(27)45)30-8-5-9-32(38(30)46)50-40(54)39-49-34-24-52(17-10-35(34)51(39)2)19-16-43-11-13-44(25-43,14-12-43)41(55)56/h4-9,20-22,57H,10-19,23-26H2,1-3H3,(H,50,54)(H,55,56)/b31-20-/t42-,43?,44?/m0/s1. The minimum absolute atomic E-state index is 0.0907. The fraction of sp³-hybridized carbons (Fsp3) is 0.455. The first-order valence-electron chi connectivity index (χ1n) is 19.9. The summed E-state index contributed by atoms with van der Waals surface area (Å²) >= 11 is 13.9. The number of amides is 1. The molecule has 4 aromatic rings. The Hall–Kier alpha value is -4.33. The number of aromatic nitrogens is 3. The Bertz CT molecular complexity index is 2300. The predicted octanol–water partition coefficient (Wildman–Crippen LogP) is 8.26. The second-order valence-corrected chi connectivity index (χ2v) is 17.8. The Labute approximate surface area is 347 Å². The van der Waals surface area contributed by atoms with Crippen molar-refractivity contribution in [3.05, 3.63) is 92.7 Å². The number of ether oxygens (including phenoxy) is 1. The number of nitrogens with zero attached hydrogens (tertiary/aromatic N) is 5. The number of nitrogens with one attached hydrogen (secondary N) is 1. The lowest BCUT2D eigenvalue weighted by atomic mass is 9.80. The minimum Gasteiger partial charge on any atom is -0.496 e. The quantitative estimate of drug-likeness (QED) is 0.129. The number of benzene rings is 2. The summed E-state index contributed by atoms with van der Waals surface area (Å²) in [6.45, 7) is 5.99. The molecule has 11 nitrogen and oxygen atoms in total. The molecule has 2 aromatic carbocycles. The van der Waals surface area contributed by atoms with Crippen LogP contribution in [0.4, 0.5) is 10.1 Å². The van der Waals surface area contributed by atoms with E-state index in [0.717, 1.165) is 81.5 Å². The summed E-state index contributed by atoms with van der Waals surface area (Å²) in [5.41, 5.74) is 3.57. The van der Waals surface area contributed by atoms with E-state index in [4.69, 9.17) is 32.9 Å². The number of pyridine rings is 1. The van der Waals surface area contributed by atoms with Crippen molar-refractivity contribution in [1.82, 2.24) is 24.3 Å². The van der Waals surface area contributed by atoms with Crippen molar-refractivity contribution >= 4 is 52.7 Å². The third-order valence-corrected chi connectivity index (χ3v) is 13.9. The number of β-amino-alcohol motifs (C(OH)–C–C–N with tert-alkyl or cyclic N) is 1. The van der Waals surface area contributed by atoms with Crippen LogP contribution in [-0.4, -0.2) is 85.3 Å². The van der Waals surface area contributed by atoms with Gasteiger partial charge in [0.15, 0.2) is 5.82 Å². The molecule has 0 unspecified atom stereocenters. The maximum Gasteiger partial charge on any atom is 0.309 e. The molecule has 2 aliphatic carbocycles. The van der Waals surface area contributed by atoms with Gasteiger partial charge in [-0.15, -0.1) is 0 Å². The number of rotatable bonds is 12. The van der Waals surface area contributed by atoms with Crippen LogP contribution >= 0.6 is 23.2 Å². The summed E-state index contributed by atoms with van der Waals surface area (Å²) in [4.78, 5) is 39.3. The number of halogens is 3. The number of likely N-dealkylation sites (tertiary alicyclic amines) is 1. The number of methoxy groups -OCH3 is 1. The van der Waals surface area contributed by atoms with Gasteiger partial charge < -0.3 is 24.8 Å². The van der Waals surface area contributed by atoms with Crippen LogP contribution in [0.25, 0.3) is 23.0 Å². The Morgan fingerprint density at radius 3 is 2.47 bits per heavy atom. The highest BCUT2D eigenvalue weighted by atomic mass is 35.5. The van der Waals surface area contributed by atoms with Crippen molar-refractivity contribution in [2.45, 2.75) is 77.0 Å². The number of carbonyl (C=O) groups excluding carboxylic acids is 1. The van der Waals surface area contributed by atoms with Crippen LogP contribution in [0.3, 0.4) is 0 Å². The van der Waals surface area contributed by atoms with Gasteiger partial charge in [0.05, 0.1) is 39.6 Å². The zero-order chi connectivity index (χ0) is 41.0. The van der Waals surface area contributed by atoms with E-state index in [1.165, 1.54) is 13.2 Å². The molecular weight excluding hydrogens is 782 g/mol. The monoisotopic (exact) mass is 830 g/mol. The third-order valence-electron chi connectivity index (χ3n) is 13.1. The molecule has 3 N–H and O–H groups in total. The first kappa shape index (κ1) is 40.4. The molecule has 4 aliphatic rings. The van der Waals surface area contributed by atoms with Crippen molar-refractivity contribution in [2.24, 2.45) is 17.9 Å². The van der Waals surface area contributed by atoms with E-state index >= 15 is 4.39 Å². The van der Waals surface area contributed by atoms with Crippen LogP contribution in [0.1, 0.15) is 90.7 Å². The lowest BCUT2D eigenvalue weighted by Gasteiger charge is -2.32. The van der Waals surface area contributed by atoms with Crippen molar-refractivity contribution in [3.8, 4) is 16.9 Å². The average molecular weight is 832 g/mol. The molecule has 2 aliphatic heterocycles. The van der Waals surface area contributed by atoms with Gasteiger partial charge in [-0.3, -0.25) is 24.4 Å². The number of carbonyl (C=O) groups is 2. The van der Waals surface area contributed by atoms with Crippen LogP contribution in [0.2, 0.25) is 10.0 Å². The van der Waals surface area contributed by atoms with E-state index in [2.05, 4.69) is 20.1 Å². The van der Waals surface area contributed by atoms with Crippen molar-refractivity contribution < 1.29 is 28.9 Å². The molecule has 8 rings (SSSR count). The van der Waals surface area contributed by atoms with E-state index in [0.29, 0.717) is 54.2 Å².